The molecular formula is C17H21N3O2. The summed E-state index contributed by atoms with van der Waals surface area (Å²) in [6.45, 7) is 0.508. The Morgan fingerprint density at radius 1 is 1.36 bits per heavy atom. The maximum absolute atomic E-state index is 12.9. The number of amides is 1. The maximum atomic E-state index is 12.9. The first-order chi connectivity index (χ1) is 10.7. The summed E-state index contributed by atoms with van der Waals surface area (Å²) in [4.78, 5) is 14.7. The highest BCUT2D eigenvalue weighted by atomic mass is 16.3. The van der Waals surface area contributed by atoms with Crippen LogP contribution in [0.2, 0.25) is 0 Å². The van der Waals surface area contributed by atoms with Crippen molar-refractivity contribution in [2.24, 2.45) is 13.0 Å². The summed E-state index contributed by atoms with van der Waals surface area (Å²) in [6.07, 6.45) is 3.78. The first-order valence-electron chi connectivity index (χ1n) is 7.64. The third-order valence-electron chi connectivity index (χ3n) is 4.25. The van der Waals surface area contributed by atoms with Crippen molar-refractivity contribution in [1.29, 1.82) is 0 Å². The lowest BCUT2D eigenvalue weighted by molar-refractivity contribution is 0.0520. The number of aliphatic hydroxyl groups is 1. The molecule has 5 heteroatoms. The van der Waals surface area contributed by atoms with E-state index >= 15 is 0 Å². The van der Waals surface area contributed by atoms with Crippen LogP contribution >= 0.6 is 0 Å². The van der Waals surface area contributed by atoms with Gasteiger partial charge in [-0.1, -0.05) is 30.3 Å². The third-order valence-corrected chi connectivity index (χ3v) is 4.25. The van der Waals surface area contributed by atoms with E-state index in [-0.39, 0.29) is 18.6 Å². The van der Waals surface area contributed by atoms with Crippen molar-refractivity contribution in [1.82, 2.24) is 14.7 Å². The molecule has 0 spiro atoms. The average Bonchev–Trinajstić information content (AvgIpc) is 3.28. The minimum atomic E-state index is -0.123. The highest BCUT2D eigenvalue weighted by Crippen LogP contribution is 2.36. The molecule has 1 aromatic carbocycles. The van der Waals surface area contributed by atoms with Gasteiger partial charge >= 0.3 is 0 Å². The second kappa shape index (κ2) is 6.32. The van der Waals surface area contributed by atoms with Crippen LogP contribution in [0.4, 0.5) is 0 Å². The zero-order chi connectivity index (χ0) is 15.5. The monoisotopic (exact) mass is 299 g/mol. The zero-order valence-corrected chi connectivity index (χ0v) is 12.7. The fraction of sp³-hybridized carbons (Fsp3) is 0.412. The van der Waals surface area contributed by atoms with Gasteiger partial charge in [0.15, 0.2) is 0 Å². The zero-order valence-electron chi connectivity index (χ0n) is 12.7. The van der Waals surface area contributed by atoms with Crippen LogP contribution < -0.4 is 0 Å². The molecule has 1 aliphatic rings. The number of hydrogen-bond donors (Lipinski definition) is 1. The van der Waals surface area contributed by atoms with E-state index in [0.717, 1.165) is 18.4 Å². The fourth-order valence-electron chi connectivity index (χ4n) is 2.83. The maximum Gasteiger partial charge on any atom is 0.272 e. The largest absolute Gasteiger partial charge is 0.394 e. The highest BCUT2D eigenvalue weighted by Gasteiger charge is 2.37. The lowest BCUT2D eigenvalue weighted by Crippen LogP contribution is -2.44. The Hall–Kier alpha value is -2.14. The van der Waals surface area contributed by atoms with Gasteiger partial charge in [0, 0.05) is 19.8 Å². The summed E-state index contributed by atoms with van der Waals surface area (Å²) in [5.74, 6) is 0.334. The topological polar surface area (TPSA) is 58.4 Å². The molecule has 1 aromatic heterocycles. The molecular weight excluding hydrogens is 278 g/mol. The molecule has 0 bridgehead atoms. The molecule has 5 nitrogen and oxygen atoms in total. The third kappa shape index (κ3) is 3.04. The van der Waals surface area contributed by atoms with Gasteiger partial charge in [-0.15, -0.1) is 0 Å². The molecule has 3 rings (SSSR count). The van der Waals surface area contributed by atoms with Gasteiger partial charge in [-0.2, -0.15) is 5.10 Å². The van der Waals surface area contributed by atoms with Crippen molar-refractivity contribution in [2.45, 2.75) is 25.4 Å². The molecule has 1 saturated carbocycles. The quantitative estimate of drug-likeness (QED) is 0.885. The Labute approximate surface area is 130 Å². The normalized spacial score (nSPS) is 15.5. The van der Waals surface area contributed by atoms with Crippen LogP contribution in [0.5, 0.6) is 0 Å². The summed E-state index contributed by atoms with van der Waals surface area (Å²) in [5.41, 5.74) is 1.62. The van der Waals surface area contributed by atoms with Crippen molar-refractivity contribution in [3.63, 3.8) is 0 Å². The number of aryl methyl sites for hydroxylation is 1. The molecule has 0 saturated heterocycles. The number of carbonyl (C=O) groups excluding carboxylic acids is 1. The molecule has 1 amide bonds. The Morgan fingerprint density at radius 2 is 2.09 bits per heavy atom. The van der Waals surface area contributed by atoms with Crippen LogP contribution in [-0.2, 0) is 13.6 Å². The molecule has 2 aromatic rings. The van der Waals surface area contributed by atoms with E-state index in [1.807, 2.05) is 30.3 Å². The first-order valence-corrected chi connectivity index (χ1v) is 7.64. The van der Waals surface area contributed by atoms with Crippen molar-refractivity contribution < 1.29 is 9.90 Å². The molecule has 1 atom stereocenters. The molecule has 1 aliphatic carbocycles. The van der Waals surface area contributed by atoms with Crippen molar-refractivity contribution >= 4 is 5.91 Å². The van der Waals surface area contributed by atoms with Crippen molar-refractivity contribution in [3.8, 4) is 0 Å². The van der Waals surface area contributed by atoms with Gasteiger partial charge in [-0.3, -0.25) is 9.48 Å². The van der Waals surface area contributed by atoms with Crippen LogP contribution in [0.15, 0.2) is 42.6 Å². The second-order valence-corrected chi connectivity index (χ2v) is 5.85. The molecule has 22 heavy (non-hydrogen) atoms. The summed E-state index contributed by atoms with van der Waals surface area (Å²) in [5, 5.41) is 13.9. The standard InChI is InChI=1S/C17H21N3O2/c1-19-15(9-10-18-19)17(22)20(16(12-21)14-7-8-14)11-13-5-3-2-4-6-13/h2-6,9-10,14,16,21H,7-8,11-12H2,1H3/t16-/m0/s1. The van der Waals surface area contributed by atoms with Crippen LogP contribution in [-0.4, -0.2) is 38.3 Å². The number of carbonyl (C=O) groups is 1. The van der Waals surface area contributed by atoms with Gasteiger partial charge in [0.05, 0.1) is 12.6 Å². The predicted octanol–water partition coefficient (Wildman–Crippen LogP) is 1.83. The van der Waals surface area contributed by atoms with E-state index in [1.165, 1.54) is 0 Å². The van der Waals surface area contributed by atoms with Crippen LogP contribution in [0, 0.1) is 5.92 Å². The van der Waals surface area contributed by atoms with Gasteiger partial charge in [0.2, 0.25) is 0 Å². The van der Waals surface area contributed by atoms with Gasteiger partial charge in [-0.25, -0.2) is 0 Å². The van der Waals surface area contributed by atoms with Crippen molar-refractivity contribution in [2.75, 3.05) is 6.61 Å². The van der Waals surface area contributed by atoms with Gasteiger partial charge < -0.3 is 10.0 Å². The summed E-state index contributed by atoms with van der Waals surface area (Å²) >= 11 is 0. The second-order valence-electron chi connectivity index (χ2n) is 5.85. The van der Waals surface area contributed by atoms with E-state index in [2.05, 4.69) is 5.10 Å². The Kier molecular flexibility index (Phi) is 4.24. The first kappa shape index (κ1) is 14.8. The molecule has 1 fully saturated rings. The fourth-order valence-corrected chi connectivity index (χ4v) is 2.83. The van der Waals surface area contributed by atoms with E-state index in [4.69, 9.17) is 0 Å². The Bertz CT molecular complexity index is 634. The van der Waals surface area contributed by atoms with Crippen molar-refractivity contribution in [3.05, 3.63) is 53.9 Å². The van der Waals surface area contributed by atoms with Crippen LogP contribution in [0.1, 0.15) is 28.9 Å². The average molecular weight is 299 g/mol. The number of hydrogen-bond acceptors (Lipinski definition) is 3. The van der Waals surface area contributed by atoms with Crippen LogP contribution in [0.3, 0.4) is 0 Å². The van der Waals surface area contributed by atoms with E-state index < -0.39 is 0 Å². The molecule has 1 heterocycles. The lowest BCUT2D eigenvalue weighted by atomic mass is 10.1. The van der Waals surface area contributed by atoms with Crippen LogP contribution in [0.25, 0.3) is 0 Å². The Balaban J connectivity index is 1.88. The summed E-state index contributed by atoms with van der Waals surface area (Å²) < 4.78 is 1.58. The molecule has 116 valence electrons. The molecule has 0 unspecified atom stereocenters. The van der Waals surface area contributed by atoms with Gasteiger partial charge in [-0.05, 0) is 30.4 Å². The smallest absolute Gasteiger partial charge is 0.272 e. The van der Waals surface area contributed by atoms with Gasteiger partial charge in [0.25, 0.3) is 5.91 Å². The SMILES string of the molecule is Cn1nccc1C(=O)N(Cc1ccccc1)[C@@H](CO)C1CC1. The molecule has 0 radical (unpaired) electrons. The number of nitrogens with zero attached hydrogens (tertiary/aromatic N) is 3. The number of benzene rings is 1. The minimum Gasteiger partial charge on any atom is -0.394 e. The summed E-state index contributed by atoms with van der Waals surface area (Å²) in [7, 11) is 1.76. The predicted molar refractivity (Wildman–Crippen MR) is 83.1 cm³/mol. The number of aliphatic hydroxyl groups excluding tert-OH is 1. The number of aromatic nitrogens is 2. The van der Waals surface area contributed by atoms with E-state index in [1.54, 1.807) is 28.9 Å². The molecule has 1 N–H and O–H groups in total. The highest BCUT2D eigenvalue weighted by molar-refractivity contribution is 5.92. The minimum absolute atomic E-state index is 0.00108. The van der Waals surface area contributed by atoms with E-state index in [0.29, 0.717) is 18.2 Å². The Morgan fingerprint density at radius 3 is 2.64 bits per heavy atom. The van der Waals surface area contributed by atoms with E-state index in [9.17, 15) is 9.90 Å². The van der Waals surface area contributed by atoms with Gasteiger partial charge in [0.1, 0.15) is 5.69 Å². The lowest BCUT2D eigenvalue weighted by Gasteiger charge is -2.31. The number of rotatable bonds is 6. The molecule has 0 aliphatic heterocycles. The summed E-state index contributed by atoms with van der Waals surface area (Å²) in [6, 6.07) is 11.5.